The maximum absolute atomic E-state index is 13.1. The number of benzene rings is 3. The van der Waals surface area contributed by atoms with Crippen molar-refractivity contribution < 1.29 is 14.6 Å². The van der Waals surface area contributed by atoms with E-state index >= 15 is 0 Å². The van der Waals surface area contributed by atoms with Crippen molar-refractivity contribution in [3.05, 3.63) is 68.6 Å². The first-order valence-corrected chi connectivity index (χ1v) is 10.6. The summed E-state index contributed by atoms with van der Waals surface area (Å²) in [6.07, 6.45) is 1.77. The van der Waals surface area contributed by atoms with Gasteiger partial charge in [0.2, 0.25) is 0 Å². The van der Waals surface area contributed by atoms with Crippen molar-refractivity contribution in [2.45, 2.75) is 0 Å². The summed E-state index contributed by atoms with van der Waals surface area (Å²) in [5.74, 6) is 0.291. The number of carbonyl (C=O) groups excluding carboxylic acids is 1. The molecule has 1 aliphatic heterocycles. The number of phenolic OH excluding ortho intramolecular Hbond substituents is 1. The molecular weight excluding hydrogens is 505 g/mol. The van der Waals surface area contributed by atoms with E-state index in [0.29, 0.717) is 18.5 Å². The third kappa shape index (κ3) is 3.38. The van der Waals surface area contributed by atoms with Gasteiger partial charge in [-0.25, -0.2) is 0 Å². The molecule has 1 fully saturated rings. The Kier molecular flexibility index (Phi) is 5.31. The van der Waals surface area contributed by atoms with Gasteiger partial charge in [-0.2, -0.15) is 0 Å². The van der Waals surface area contributed by atoms with E-state index in [1.165, 1.54) is 18.9 Å². The first kappa shape index (κ1) is 19.2. The van der Waals surface area contributed by atoms with E-state index in [2.05, 4.69) is 0 Å². The molecule has 0 aromatic heterocycles. The molecule has 28 heavy (non-hydrogen) atoms. The van der Waals surface area contributed by atoms with Crippen molar-refractivity contribution in [2.75, 3.05) is 12.0 Å². The molecule has 0 unspecified atom stereocenters. The zero-order valence-electron chi connectivity index (χ0n) is 14.7. The minimum absolute atomic E-state index is 0.0866. The van der Waals surface area contributed by atoms with Crippen LogP contribution in [0.5, 0.6) is 11.5 Å². The quantitative estimate of drug-likeness (QED) is 0.279. The van der Waals surface area contributed by atoms with Crippen molar-refractivity contribution >= 4 is 79.3 Å². The van der Waals surface area contributed by atoms with Gasteiger partial charge >= 0.3 is 0 Å². The summed E-state index contributed by atoms with van der Waals surface area (Å²) in [6, 6.07) is 17.2. The van der Waals surface area contributed by atoms with E-state index in [1.54, 1.807) is 23.1 Å². The third-order valence-corrected chi connectivity index (χ3v) is 6.49. The van der Waals surface area contributed by atoms with Gasteiger partial charge in [0.05, 0.1) is 21.3 Å². The molecule has 1 aliphatic rings. The number of thioether (sulfide) groups is 1. The topological polar surface area (TPSA) is 49.8 Å². The van der Waals surface area contributed by atoms with E-state index in [9.17, 15) is 9.90 Å². The van der Waals surface area contributed by atoms with Crippen LogP contribution in [0.15, 0.2) is 59.5 Å². The van der Waals surface area contributed by atoms with Crippen LogP contribution in [0.3, 0.4) is 0 Å². The van der Waals surface area contributed by atoms with Crippen LogP contribution in [0.2, 0.25) is 0 Å². The first-order chi connectivity index (χ1) is 13.5. The number of carbonyl (C=O) groups is 1. The van der Waals surface area contributed by atoms with Gasteiger partial charge in [-0.15, -0.1) is 0 Å². The lowest BCUT2D eigenvalue weighted by Crippen LogP contribution is -2.27. The van der Waals surface area contributed by atoms with Gasteiger partial charge in [0.1, 0.15) is 0 Å². The number of halogens is 1. The Morgan fingerprint density at radius 1 is 1.18 bits per heavy atom. The van der Waals surface area contributed by atoms with Gasteiger partial charge in [0, 0.05) is 5.39 Å². The van der Waals surface area contributed by atoms with E-state index in [4.69, 9.17) is 17.0 Å². The Morgan fingerprint density at radius 3 is 2.71 bits per heavy atom. The fourth-order valence-corrected chi connectivity index (χ4v) is 4.97. The van der Waals surface area contributed by atoms with Crippen LogP contribution in [-0.4, -0.2) is 22.4 Å². The number of aromatic hydroxyl groups is 1. The smallest absolute Gasteiger partial charge is 0.270 e. The molecule has 0 saturated carbocycles. The number of phenols is 1. The SMILES string of the molecule is COc1cc(/C=C2\SC(=S)N(c3cccc4ccccc34)C2=O)cc(I)c1O. The minimum atomic E-state index is -0.159. The lowest BCUT2D eigenvalue weighted by molar-refractivity contribution is -0.113. The number of hydrogen-bond acceptors (Lipinski definition) is 5. The molecular formula is C21H14INO3S2. The second-order valence-electron chi connectivity index (χ2n) is 6.07. The molecule has 1 heterocycles. The summed E-state index contributed by atoms with van der Waals surface area (Å²) < 4.78 is 6.35. The molecule has 4 rings (SSSR count). The molecule has 1 amide bonds. The standard InChI is InChI=1S/C21H14INO3S2/c1-26-17-10-12(9-15(22)19(17)24)11-18-20(25)23(21(27)28-18)16-8-4-6-13-5-2-3-7-14(13)16/h2-11,24H,1H3/b18-11-. The number of rotatable bonds is 3. The van der Waals surface area contributed by atoms with Crippen molar-refractivity contribution in [3.8, 4) is 11.5 Å². The number of ether oxygens (including phenoxy) is 1. The molecule has 1 saturated heterocycles. The van der Waals surface area contributed by atoms with Gasteiger partial charge in [0.25, 0.3) is 5.91 Å². The molecule has 7 heteroatoms. The van der Waals surface area contributed by atoms with Crippen LogP contribution in [0.1, 0.15) is 5.56 Å². The minimum Gasteiger partial charge on any atom is -0.504 e. The van der Waals surface area contributed by atoms with Gasteiger partial charge in [0.15, 0.2) is 15.8 Å². The second-order valence-corrected chi connectivity index (χ2v) is 8.91. The molecule has 140 valence electrons. The van der Waals surface area contributed by atoms with Crippen molar-refractivity contribution in [2.24, 2.45) is 0 Å². The summed E-state index contributed by atoms with van der Waals surface area (Å²) in [6.45, 7) is 0. The summed E-state index contributed by atoms with van der Waals surface area (Å²) in [7, 11) is 1.49. The Bertz CT molecular complexity index is 1150. The van der Waals surface area contributed by atoms with Crippen LogP contribution in [0.4, 0.5) is 5.69 Å². The normalized spacial score (nSPS) is 15.6. The largest absolute Gasteiger partial charge is 0.504 e. The Balaban J connectivity index is 1.76. The van der Waals surface area contributed by atoms with Crippen LogP contribution in [0.25, 0.3) is 16.8 Å². The van der Waals surface area contributed by atoms with Gasteiger partial charge in [-0.05, 0) is 57.8 Å². The van der Waals surface area contributed by atoms with E-state index in [0.717, 1.165) is 22.0 Å². The Labute approximate surface area is 185 Å². The Morgan fingerprint density at radius 2 is 1.93 bits per heavy atom. The van der Waals surface area contributed by atoms with Crippen molar-refractivity contribution in [1.82, 2.24) is 0 Å². The molecule has 3 aromatic carbocycles. The lowest BCUT2D eigenvalue weighted by atomic mass is 10.1. The molecule has 0 radical (unpaired) electrons. The summed E-state index contributed by atoms with van der Waals surface area (Å²) in [4.78, 5) is 15.2. The lowest BCUT2D eigenvalue weighted by Gasteiger charge is -2.17. The molecule has 4 nitrogen and oxygen atoms in total. The van der Waals surface area contributed by atoms with E-state index in [-0.39, 0.29) is 11.7 Å². The molecule has 0 bridgehead atoms. The highest BCUT2D eigenvalue weighted by Gasteiger charge is 2.34. The number of methoxy groups -OCH3 is 1. The molecule has 0 spiro atoms. The van der Waals surface area contributed by atoms with Gasteiger partial charge in [-0.3, -0.25) is 9.69 Å². The predicted molar refractivity (Wildman–Crippen MR) is 127 cm³/mol. The summed E-state index contributed by atoms with van der Waals surface area (Å²) in [5, 5.41) is 12.0. The zero-order chi connectivity index (χ0) is 19.8. The van der Waals surface area contributed by atoms with Crippen molar-refractivity contribution in [1.29, 1.82) is 0 Å². The first-order valence-electron chi connectivity index (χ1n) is 8.32. The zero-order valence-corrected chi connectivity index (χ0v) is 18.5. The third-order valence-electron chi connectivity index (χ3n) is 4.37. The van der Waals surface area contributed by atoms with Crippen LogP contribution >= 0.6 is 46.6 Å². The maximum Gasteiger partial charge on any atom is 0.270 e. The molecule has 0 aliphatic carbocycles. The predicted octanol–water partition coefficient (Wildman–Crippen LogP) is 5.56. The number of nitrogens with zero attached hydrogens (tertiary/aromatic N) is 1. The molecule has 0 atom stereocenters. The van der Waals surface area contributed by atoms with Crippen molar-refractivity contribution in [3.63, 3.8) is 0 Å². The monoisotopic (exact) mass is 519 g/mol. The number of thiocarbonyl (C=S) groups is 1. The van der Waals surface area contributed by atoms with E-state index < -0.39 is 0 Å². The number of anilines is 1. The maximum atomic E-state index is 13.1. The van der Waals surface area contributed by atoms with Gasteiger partial charge < -0.3 is 9.84 Å². The van der Waals surface area contributed by atoms with E-state index in [1.807, 2.05) is 65.1 Å². The van der Waals surface area contributed by atoms with Crippen LogP contribution in [0, 0.1) is 3.57 Å². The second kappa shape index (κ2) is 7.73. The fraction of sp³-hybridized carbons (Fsp3) is 0.0476. The average Bonchev–Trinajstić information content (AvgIpc) is 2.97. The number of hydrogen-bond donors (Lipinski definition) is 1. The average molecular weight is 519 g/mol. The highest BCUT2D eigenvalue weighted by molar-refractivity contribution is 14.1. The highest BCUT2D eigenvalue weighted by Crippen LogP contribution is 2.40. The van der Waals surface area contributed by atoms with Crippen LogP contribution < -0.4 is 9.64 Å². The fourth-order valence-electron chi connectivity index (χ4n) is 3.06. The summed E-state index contributed by atoms with van der Waals surface area (Å²) in [5.41, 5.74) is 1.54. The Hall–Kier alpha value is -2.10. The summed E-state index contributed by atoms with van der Waals surface area (Å²) >= 11 is 8.81. The molecule has 3 aromatic rings. The van der Waals surface area contributed by atoms with Gasteiger partial charge in [-0.1, -0.05) is 60.4 Å². The number of amides is 1. The highest BCUT2D eigenvalue weighted by atomic mass is 127. The molecule has 1 N–H and O–H groups in total. The number of fused-ring (bicyclic) bond motifs is 1. The van der Waals surface area contributed by atoms with Crippen LogP contribution in [-0.2, 0) is 4.79 Å².